The molecule has 0 aliphatic carbocycles. The Bertz CT molecular complexity index is 618. The van der Waals surface area contributed by atoms with E-state index in [2.05, 4.69) is 4.98 Å². The highest BCUT2D eigenvalue weighted by Gasteiger charge is 2.25. The lowest BCUT2D eigenvalue weighted by Gasteiger charge is -2.23. The van der Waals surface area contributed by atoms with Crippen molar-refractivity contribution in [1.29, 1.82) is 0 Å². The van der Waals surface area contributed by atoms with Crippen molar-refractivity contribution >= 4 is 22.8 Å². The Morgan fingerprint density at radius 3 is 2.74 bits per heavy atom. The van der Waals surface area contributed by atoms with Gasteiger partial charge in [0.05, 0.1) is 0 Å². The zero-order valence-electron chi connectivity index (χ0n) is 10.9. The number of fused-ring (bicyclic) bond motifs is 1. The van der Waals surface area contributed by atoms with E-state index < -0.39 is 12.0 Å². The summed E-state index contributed by atoms with van der Waals surface area (Å²) >= 11 is 0. The van der Waals surface area contributed by atoms with Gasteiger partial charge in [-0.3, -0.25) is 4.79 Å². The van der Waals surface area contributed by atoms with E-state index in [1.54, 1.807) is 25.3 Å². The third kappa shape index (κ3) is 2.45. The van der Waals surface area contributed by atoms with Crippen LogP contribution in [-0.4, -0.2) is 40.0 Å². The fourth-order valence-corrected chi connectivity index (χ4v) is 2.14. The second kappa shape index (κ2) is 5.14. The summed E-state index contributed by atoms with van der Waals surface area (Å²) in [5, 5.41) is 10.1. The maximum absolute atomic E-state index is 12.3. The number of aromatic amines is 1. The monoisotopic (exact) mass is 260 g/mol. The van der Waals surface area contributed by atoms with Crippen molar-refractivity contribution in [3.8, 4) is 0 Å². The molecule has 19 heavy (non-hydrogen) atoms. The lowest BCUT2D eigenvalue weighted by atomic mass is 10.1. The molecule has 0 bridgehead atoms. The van der Waals surface area contributed by atoms with Crippen molar-refractivity contribution in [3.63, 3.8) is 0 Å². The molecule has 1 atom stereocenters. The number of hydrogen-bond acceptors (Lipinski definition) is 2. The molecule has 1 aromatic carbocycles. The molecule has 0 spiro atoms. The fraction of sp³-hybridized carbons (Fsp3) is 0.286. The first kappa shape index (κ1) is 13.1. The molecule has 1 aromatic heterocycles. The molecule has 0 aliphatic heterocycles. The summed E-state index contributed by atoms with van der Waals surface area (Å²) in [7, 11) is 1.52. The first-order valence-electron chi connectivity index (χ1n) is 6.11. The topological polar surface area (TPSA) is 73.4 Å². The molecule has 0 aliphatic rings. The Morgan fingerprint density at radius 2 is 2.11 bits per heavy atom. The van der Waals surface area contributed by atoms with E-state index in [0.717, 1.165) is 10.9 Å². The van der Waals surface area contributed by atoms with E-state index in [1.807, 2.05) is 12.1 Å². The molecular formula is C14H16N2O3. The van der Waals surface area contributed by atoms with Crippen LogP contribution in [0, 0.1) is 0 Å². The van der Waals surface area contributed by atoms with Crippen molar-refractivity contribution < 1.29 is 14.7 Å². The van der Waals surface area contributed by atoms with Crippen LogP contribution in [0.25, 0.3) is 10.9 Å². The fourth-order valence-electron chi connectivity index (χ4n) is 2.14. The SMILES string of the molecule is CCC(C(=O)O)N(C)C(=O)c1ccc2cc[nH]c2c1. The van der Waals surface area contributed by atoms with Crippen molar-refractivity contribution in [2.45, 2.75) is 19.4 Å². The molecule has 1 amide bonds. The quantitative estimate of drug-likeness (QED) is 0.884. The predicted octanol–water partition coefficient (Wildman–Crippen LogP) is 2.10. The minimum absolute atomic E-state index is 0.286. The lowest BCUT2D eigenvalue weighted by molar-refractivity contribution is -0.142. The number of nitrogens with one attached hydrogen (secondary N) is 1. The van der Waals surface area contributed by atoms with Crippen molar-refractivity contribution in [1.82, 2.24) is 9.88 Å². The molecule has 5 heteroatoms. The van der Waals surface area contributed by atoms with Crippen molar-refractivity contribution in [2.24, 2.45) is 0 Å². The number of hydrogen-bond donors (Lipinski definition) is 2. The molecule has 100 valence electrons. The number of aliphatic carboxylic acids is 1. The number of carboxylic acids is 1. The number of H-pyrrole nitrogens is 1. The molecule has 5 nitrogen and oxygen atoms in total. The third-order valence-electron chi connectivity index (χ3n) is 3.26. The van der Waals surface area contributed by atoms with Crippen LogP contribution in [0.1, 0.15) is 23.7 Å². The number of carbonyl (C=O) groups excluding carboxylic acids is 1. The van der Waals surface area contributed by atoms with Gasteiger partial charge in [0.2, 0.25) is 0 Å². The second-order valence-corrected chi connectivity index (χ2v) is 4.46. The van der Waals surface area contributed by atoms with Crippen LogP contribution in [0.5, 0.6) is 0 Å². The number of carboxylic acid groups (broad SMARTS) is 1. The Labute approximate surface area is 110 Å². The standard InChI is InChI=1S/C14H16N2O3/c1-3-12(14(18)19)16(2)13(17)10-5-4-9-6-7-15-11(9)8-10/h4-8,12,15H,3H2,1-2H3,(H,18,19). The number of likely N-dealkylation sites (N-methyl/N-ethyl adjacent to an activating group) is 1. The number of amides is 1. The third-order valence-corrected chi connectivity index (χ3v) is 3.26. The highest BCUT2D eigenvalue weighted by Crippen LogP contribution is 2.16. The van der Waals surface area contributed by atoms with Gasteiger partial charge in [-0.05, 0) is 30.0 Å². The van der Waals surface area contributed by atoms with Gasteiger partial charge in [-0.25, -0.2) is 4.79 Å². The van der Waals surface area contributed by atoms with Crippen LogP contribution in [0.15, 0.2) is 30.5 Å². The summed E-state index contributed by atoms with van der Waals surface area (Å²) in [6, 6.07) is 6.41. The predicted molar refractivity (Wildman–Crippen MR) is 72.1 cm³/mol. The highest BCUT2D eigenvalue weighted by atomic mass is 16.4. The molecule has 2 rings (SSSR count). The molecule has 1 unspecified atom stereocenters. The van der Waals surface area contributed by atoms with E-state index in [0.29, 0.717) is 12.0 Å². The summed E-state index contributed by atoms with van der Waals surface area (Å²) in [4.78, 5) is 27.6. The van der Waals surface area contributed by atoms with Gasteiger partial charge in [-0.1, -0.05) is 13.0 Å². The van der Waals surface area contributed by atoms with Crippen molar-refractivity contribution in [3.05, 3.63) is 36.0 Å². The van der Waals surface area contributed by atoms with Gasteiger partial charge in [-0.2, -0.15) is 0 Å². The Morgan fingerprint density at radius 1 is 1.37 bits per heavy atom. The zero-order chi connectivity index (χ0) is 14.0. The van der Waals surface area contributed by atoms with Crippen LogP contribution >= 0.6 is 0 Å². The molecule has 1 heterocycles. The zero-order valence-corrected chi connectivity index (χ0v) is 10.9. The van der Waals surface area contributed by atoms with Gasteiger partial charge >= 0.3 is 5.97 Å². The molecule has 0 saturated heterocycles. The van der Waals surface area contributed by atoms with Crippen LogP contribution in [-0.2, 0) is 4.79 Å². The summed E-state index contributed by atoms with van der Waals surface area (Å²) in [5.41, 5.74) is 1.35. The minimum Gasteiger partial charge on any atom is -0.480 e. The van der Waals surface area contributed by atoms with E-state index in [1.165, 1.54) is 11.9 Å². The summed E-state index contributed by atoms with van der Waals surface area (Å²) in [6.07, 6.45) is 2.18. The molecular weight excluding hydrogens is 244 g/mol. The maximum atomic E-state index is 12.3. The largest absolute Gasteiger partial charge is 0.480 e. The molecule has 0 radical (unpaired) electrons. The number of benzene rings is 1. The molecule has 2 aromatic rings. The van der Waals surface area contributed by atoms with Crippen LogP contribution in [0.4, 0.5) is 0 Å². The molecule has 0 saturated carbocycles. The van der Waals surface area contributed by atoms with Crippen LogP contribution in [0.2, 0.25) is 0 Å². The molecule has 0 fully saturated rings. The van der Waals surface area contributed by atoms with Crippen LogP contribution in [0.3, 0.4) is 0 Å². The summed E-state index contributed by atoms with van der Waals surface area (Å²) in [6.45, 7) is 1.75. The Balaban J connectivity index is 2.29. The average molecular weight is 260 g/mol. The first-order chi connectivity index (χ1) is 9.04. The van der Waals surface area contributed by atoms with E-state index in [4.69, 9.17) is 5.11 Å². The number of carbonyl (C=O) groups is 2. The van der Waals surface area contributed by atoms with Gasteiger partial charge in [0.1, 0.15) is 6.04 Å². The first-order valence-corrected chi connectivity index (χ1v) is 6.11. The molecule has 2 N–H and O–H groups in total. The van der Waals surface area contributed by atoms with Crippen LogP contribution < -0.4 is 0 Å². The Hall–Kier alpha value is -2.30. The normalized spacial score (nSPS) is 12.3. The summed E-state index contributed by atoms with van der Waals surface area (Å²) < 4.78 is 0. The van der Waals surface area contributed by atoms with Gasteiger partial charge in [-0.15, -0.1) is 0 Å². The van der Waals surface area contributed by atoms with E-state index in [9.17, 15) is 9.59 Å². The Kier molecular flexibility index (Phi) is 3.55. The minimum atomic E-state index is -0.987. The lowest BCUT2D eigenvalue weighted by Crippen LogP contribution is -2.41. The smallest absolute Gasteiger partial charge is 0.326 e. The maximum Gasteiger partial charge on any atom is 0.326 e. The van der Waals surface area contributed by atoms with E-state index >= 15 is 0 Å². The number of rotatable bonds is 4. The number of aromatic nitrogens is 1. The van der Waals surface area contributed by atoms with Gasteiger partial charge in [0.15, 0.2) is 0 Å². The van der Waals surface area contributed by atoms with Gasteiger partial charge < -0.3 is 15.0 Å². The second-order valence-electron chi connectivity index (χ2n) is 4.46. The van der Waals surface area contributed by atoms with Gasteiger partial charge in [0, 0.05) is 24.3 Å². The highest BCUT2D eigenvalue weighted by molar-refractivity contribution is 5.99. The average Bonchev–Trinajstić information content (AvgIpc) is 2.85. The van der Waals surface area contributed by atoms with Crippen molar-refractivity contribution in [2.75, 3.05) is 7.05 Å². The van der Waals surface area contributed by atoms with E-state index in [-0.39, 0.29) is 5.91 Å². The van der Waals surface area contributed by atoms with Gasteiger partial charge in [0.25, 0.3) is 5.91 Å². The summed E-state index contributed by atoms with van der Waals surface area (Å²) in [5.74, 6) is -1.27. The number of nitrogens with zero attached hydrogens (tertiary/aromatic N) is 1.